The predicted octanol–water partition coefficient (Wildman–Crippen LogP) is 0.378. The topological polar surface area (TPSA) is 26.0 Å². The SMILES string of the molecule is NCCc1ccc(F)cc1.[CaH2].[PbH2].[Ti][I]. The molecule has 1 rings (SSSR count). The Bertz CT molecular complexity index is 213. The van der Waals surface area contributed by atoms with Crippen LogP contribution in [0.15, 0.2) is 24.3 Å². The quantitative estimate of drug-likeness (QED) is 0.408. The van der Waals surface area contributed by atoms with Crippen molar-refractivity contribution in [2.45, 2.75) is 6.42 Å². The molecule has 1 aromatic rings. The first-order valence-electron chi connectivity index (χ1n) is 3.46. The van der Waals surface area contributed by atoms with Crippen molar-refractivity contribution in [1.82, 2.24) is 0 Å². The summed E-state index contributed by atoms with van der Waals surface area (Å²) in [5.41, 5.74) is 6.39. The van der Waals surface area contributed by atoms with Crippen molar-refractivity contribution in [2.75, 3.05) is 6.54 Å². The average Bonchev–Trinajstić information content (AvgIpc) is 2.13. The molecule has 0 heterocycles. The molecule has 2 radical (unpaired) electrons. The van der Waals surface area contributed by atoms with Gasteiger partial charge in [0.25, 0.3) is 0 Å². The molecule has 0 aliphatic rings. The van der Waals surface area contributed by atoms with Gasteiger partial charge in [0, 0.05) is 0 Å². The number of halogens is 2. The number of hydrogen-bond donors (Lipinski definition) is 1. The maximum absolute atomic E-state index is 12.3. The third kappa shape index (κ3) is 11.2. The predicted molar refractivity (Wildman–Crippen MR) is 70.3 cm³/mol. The van der Waals surface area contributed by atoms with Gasteiger partial charge in [0.05, 0.1) is 0 Å². The summed E-state index contributed by atoms with van der Waals surface area (Å²) in [6.45, 7) is 0.617. The summed E-state index contributed by atoms with van der Waals surface area (Å²) in [5.74, 6) is -0.194. The van der Waals surface area contributed by atoms with Gasteiger partial charge in [0.2, 0.25) is 0 Å². The van der Waals surface area contributed by atoms with E-state index in [-0.39, 0.29) is 70.9 Å². The first-order valence-corrected chi connectivity index (χ1v) is 8.50. The van der Waals surface area contributed by atoms with E-state index in [9.17, 15) is 4.39 Å². The van der Waals surface area contributed by atoms with E-state index in [0.717, 1.165) is 12.0 Å². The molecule has 0 aromatic heterocycles. The molecule has 6 heteroatoms. The normalized spacial score (nSPS) is 7.29. The molecule has 0 bridgehead atoms. The van der Waals surface area contributed by atoms with Crippen LogP contribution in [-0.2, 0) is 23.1 Å². The van der Waals surface area contributed by atoms with Crippen molar-refractivity contribution in [3.63, 3.8) is 0 Å². The van der Waals surface area contributed by atoms with Crippen LogP contribution >= 0.6 is 19.2 Å². The van der Waals surface area contributed by atoms with Crippen molar-refractivity contribution in [1.29, 1.82) is 0 Å². The summed E-state index contributed by atoms with van der Waals surface area (Å²) in [6.07, 6.45) is 0.820. The van der Waals surface area contributed by atoms with E-state index in [1.807, 2.05) is 16.7 Å². The minimum absolute atomic E-state index is 0. The van der Waals surface area contributed by atoms with Gasteiger partial charge in [-0.1, -0.05) is 12.1 Å². The fourth-order valence-corrected chi connectivity index (χ4v) is 0.818. The van der Waals surface area contributed by atoms with Gasteiger partial charge >= 0.3 is 101 Å². The molecule has 0 amide bonds. The van der Waals surface area contributed by atoms with Crippen LogP contribution in [0.1, 0.15) is 5.56 Å². The van der Waals surface area contributed by atoms with E-state index in [4.69, 9.17) is 5.73 Å². The Kier molecular flexibility index (Phi) is 24.7. The van der Waals surface area contributed by atoms with Gasteiger partial charge in [-0.15, -0.1) is 0 Å². The molecule has 14 heavy (non-hydrogen) atoms. The van der Waals surface area contributed by atoms with Crippen molar-refractivity contribution >= 4 is 84.2 Å². The summed E-state index contributed by atoms with van der Waals surface area (Å²) in [4.78, 5) is 0. The number of hydrogen-bond acceptors (Lipinski definition) is 1. The van der Waals surface area contributed by atoms with Crippen molar-refractivity contribution in [3.8, 4) is 0 Å². The van der Waals surface area contributed by atoms with Gasteiger partial charge in [-0.25, -0.2) is 4.39 Å². The van der Waals surface area contributed by atoms with E-state index in [1.165, 1.54) is 12.1 Å². The standard InChI is InChI=1S/C8H10FN.Ca.HI.Pb.Ti.4H/c9-8-3-1-7(2-4-8)5-6-10;;;;;;;;/h1-4H,5-6,10H2;;1H;;;;;;/q;;;;+1;;;;/p-1. The third-order valence-electron chi connectivity index (χ3n) is 1.35. The number of rotatable bonds is 2. The summed E-state index contributed by atoms with van der Waals surface area (Å²) in [7, 11) is 0. The van der Waals surface area contributed by atoms with Gasteiger partial charge in [0.1, 0.15) is 5.82 Å². The Morgan fingerprint density at radius 2 is 1.64 bits per heavy atom. The van der Waals surface area contributed by atoms with Crippen LogP contribution in [0.2, 0.25) is 0 Å². The van der Waals surface area contributed by atoms with Gasteiger partial charge in [-0.2, -0.15) is 0 Å². The zero-order valence-electron chi connectivity index (χ0n) is 7.26. The van der Waals surface area contributed by atoms with Gasteiger partial charge in [-0.3, -0.25) is 0 Å². The van der Waals surface area contributed by atoms with E-state index in [1.54, 1.807) is 12.1 Å². The molecule has 0 fully saturated rings. The summed E-state index contributed by atoms with van der Waals surface area (Å²) < 4.78 is 12.3. The molecule has 0 spiro atoms. The molecule has 2 N–H and O–H groups in total. The second-order valence-corrected chi connectivity index (χ2v) is 2.17. The van der Waals surface area contributed by atoms with E-state index in [2.05, 4.69) is 19.2 Å². The number of nitrogens with two attached hydrogens (primary N) is 1. The maximum atomic E-state index is 12.3. The van der Waals surface area contributed by atoms with Crippen LogP contribution in [0, 0.1) is 5.82 Å². The molecule has 1 aromatic carbocycles. The Labute approximate surface area is 156 Å². The molecule has 0 unspecified atom stereocenters. The third-order valence-corrected chi connectivity index (χ3v) is 1.35. The van der Waals surface area contributed by atoms with Gasteiger partial charge in [-0.05, 0) is 30.7 Å². The van der Waals surface area contributed by atoms with Crippen molar-refractivity contribution < 1.29 is 21.1 Å². The first kappa shape index (κ1) is 22.0. The van der Waals surface area contributed by atoms with E-state index < -0.39 is 0 Å². The Balaban J connectivity index is -0.000000284. The van der Waals surface area contributed by atoms with Crippen LogP contribution in [-0.4, -0.2) is 71.6 Å². The molecule has 0 atom stereocenters. The second-order valence-electron chi connectivity index (χ2n) is 2.17. The Morgan fingerprint density at radius 1 is 1.21 bits per heavy atom. The molecule has 75 valence electrons. The van der Waals surface area contributed by atoms with Gasteiger partial charge in [0.15, 0.2) is 0 Å². The fraction of sp³-hybridized carbons (Fsp3) is 0.250. The summed E-state index contributed by atoms with van der Waals surface area (Å²) >= 11 is 4.12. The molecular weight excluding hydrogens is 551 g/mol. The summed E-state index contributed by atoms with van der Waals surface area (Å²) in [6, 6.07) is 6.40. The van der Waals surface area contributed by atoms with E-state index in [0.29, 0.717) is 6.54 Å². The van der Waals surface area contributed by atoms with Crippen LogP contribution in [0.5, 0.6) is 0 Å². The molecular formula is C8H14CaFINPbTi. The van der Waals surface area contributed by atoms with Gasteiger partial charge < -0.3 is 5.73 Å². The second kappa shape index (κ2) is 15.7. The molecule has 0 aliphatic carbocycles. The monoisotopic (exact) mass is 566 g/mol. The number of benzene rings is 1. The Hall–Kier alpha value is 2.74. The summed E-state index contributed by atoms with van der Waals surface area (Å²) in [5, 5.41) is 0. The zero-order chi connectivity index (χ0) is 9.40. The molecule has 0 saturated heterocycles. The Morgan fingerprint density at radius 3 is 2.00 bits per heavy atom. The molecule has 0 aliphatic heterocycles. The van der Waals surface area contributed by atoms with Crippen LogP contribution < -0.4 is 5.73 Å². The minimum atomic E-state index is -0.194. The van der Waals surface area contributed by atoms with Crippen LogP contribution in [0.4, 0.5) is 4.39 Å². The van der Waals surface area contributed by atoms with Crippen molar-refractivity contribution in [2.24, 2.45) is 5.73 Å². The fourth-order valence-electron chi connectivity index (χ4n) is 0.818. The molecule has 1 nitrogen and oxygen atoms in total. The van der Waals surface area contributed by atoms with Crippen LogP contribution in [0.3, 0.4) is 0 Å². The first-order chi connectivity index (χ1) is 5.83. The van der Waals surface area contributed by atoms with Crippen molar-refractivity contribution in [3.05, 3.63) is 35.6 Å². The zero-order valence-corrected chi connectivity index (χ0v) is 16.5. The average molecular weight is 565 g/mol. The van der Waals surface area contributed by atoms with Crippen LogP contribution in [0.25, 0.3) is 0 Å². The van der Waals surface area contributed by atoms with E-state index >= 15 is 0 Å². The molecule has 0 saturated carbocycles.